The molecule has 1 saturated carbocycles. The number of nitrogens with zero attached hydrogens (tertiary/aromatic N) is 4. The Hall–Kier alpha value is -4.87. The molecule has 4 heterocycles. The smallest absolute Gasteiger partial charge is 0.272 e. The van der Waals surface area contributed by atoms with Gasteiger partial charge in [-0.1, -0.05) is 6.07 Å². The largest absolute Gasteiger partial charge is 0.385 e. The fourth-order valence-corrected chi connectivity index (χ4v) is 5.67. The average molecular weight is 556 g/mol. The van der Waals surface area contributed by atoms with E-state index in [0.29, 0.717) is 35.1 Å². The fourth-order valence-electron chi connectivity index (χ4n) is 5.67. The summed E-state index contributed by atoms with van der Waals surface area (Å²) in [5.74, 6) is -2.01. The highest BCUT2D eigenvalue weighted by Crippen LogP contribution is 2.39. The van der Waals surface area contributed by atoms with Crippen LogP contribution in [0.2, 0.25) is 0 Å². The zero-order chi connectivity index (χ0) is 28.8. The molecule has 12 nitrogen and oxygen atoms in total. The second kappa shape index (κ2) is 10.3. The minimum Gasteiger partial charge on any atom is -0.385 e. The van der Waals surface area contributed by atoms with Crippen molar-refractivity contribution in [2.75, 3.05) is 18.9 Å². The van der Waals surface area contributed by atoms with Crippen molar-refractivity contribution in [2.24, 2.45) is 5.92 Å². The number of piperidine rings is 1. The first-order chi connectivity index (χ1) is 19.7. The molecule has 6 rings (SSSR count). The van der Waals surface area contributed by atoms with E-state index in [0.717, 1.165) is 23.4 Å². The van der Waals surface area contributed by atoms with E-state index in [1.54, 1.807) is 25.2 Å². The number of pyridine rings is 1. The molecule has 0 radical (unpaired) electrons. The first kappa shape index (κ1) is 26.4. The molecule has 1 aliphatic carbocycles. The van der Waals surface area contributed by atoms with Crippen LogP contribution >= 0.6 is 0 Å². The normalized spacial score (nSPS) is 21.8. The predicted molar refractivity (Wildman–Crippen MR) is 147 cm³/mol. The number of aryl methyl sites for hydroxylation is 1. The second-order valence-electron chi connectivity index (χ2n) is 10.7. The number of amides is 5. The van der Waals surface area contributed by atoms with Gasteiger partial charge in [-0.05, 0) is 62.4 Å². The van der Waals surface area contributed by atoms with Crippen LogP contribution in [0.25, 0.3) is 11.3 Å². The van der Waals surface area contributed by atoms with Crippen molar-refractivity contribution < 1.29 is 24.0 Å². The molecule has 3 aromatic rings. The molecule has 0 spiro atoms. The van der Waals surface area contributed by atoms with E-state index in [9.17, 15) is 24.0 Å². The summed E-state index contributed by atoms with van der Waals surface area (Å²) < 4.78 is 1.85. The molecule has 0 bridgehead atoms. The van der Waals surface area contributed by atoms with Gasteiger partial charge in [0.2, 0.25) is 11.8 Å². The second-order valence-corrected chi connectivity index (χ2v) is 10.7. The summed E-state index contributed by atoms with van der Waals surface area (Å²) in [6.45, 7) is 2.56. The Kier molecular flexibility index (Phi) is 6.60. The Bertz CT molecular complexity index is 1610. The highest BCUT2D eigenvalue weighted by molar-refractivity contribution is 6.23. The van der Waals surface area contributed by atoms with Crippen LogP contribution in [0, 0.1) is 12.8 Å². The van der Waals surface area contributed by atoms with Gasteiger partial charge in [0.15, 0.2) is 5.69 Å². The summed E-state index contributed by atoms with van der Waals surface area (Å²) in [4.78, 5) is 67.8. The van der Waals surface area contributed by atoms with Gasteiger partial charge in [0, 0.05) is 37.6 Å². The van der Waals surface area contributed by atoms with Gasteiger partial charge in [0.1, 0.15) is 6.04 Å². The van der Waals surface area contributed by atoms with Crippen molar-refractivity contribution in [2.45, 2.75) is 44.7 Å². The predicted octanol–water partition coefficient (Wildman–Crippen LogP) is 2.08. The van der Waals surface area contributed by atoms with Crippen LogP contribution in [-0.4, -0.2) is 68.8 Å². The molecule has 2 fully saturated rings. The highest BCUT2D eigenvalue weighted by Gasteiger charge is 2.44. The first-order valence-corrected chi connectivity index (χ1v) is 13.6. The van der Waals surface area contributed by atoms with Crippen molar-refractivity contribution in [3.63, 3.8) is 0 Å². The van der Waals surface area contributed by atoms with Gasteiger partial charge in [-0.3, -0.25) is 43.9 Å². The lowest BCUT2D eigenvalue weighted by Gasteiger charge is -2.35. The topological polar surface area (TPSA) is 155 Å². The SMILES string of the molecule is CNC(=O)c1nn([C@H]2C[C@H](CNc3ccc4c(c3)C(=O)N(C3CCC(=O)NC3=O)C4=O)C2)cc1-c1cccc(C)n1. The monoisotopic (exact) mass is 555 g/mol. The summed E-state index contributed by atoms with van der Waals surface area (Å²) in [6, 6.07) is 9.82. The van der Waals surface area contributed by atoms with Crippen LogP contribution in [0.4, 0.5) is 5.69 Å². The quantitative estimate of drug-likeness (QED) is 0.374. The van der Waals surface area contributed by atoms with E-state index >= 15 is 0 Å². The van der Waals surface area contributed by atoms with Gasteiger partial charge in [-0.2, -0.15) is 5.10 Å². The Labute approximate surface area is 235 Å². The van der Waals surface area contributed by atoms with Gasteiger partial charge in [-0.15, -0.1) is 0 Å². The summed E-state index contributed by atoms with van der Waals surface area (Å²) >= 11 is 0. The van der Waals surface area contributed by atoms with Crippen molar-refractivity contribution in [3.05, 3.63) is 65.1 Å². The van der Waals surface area contributed by atoms with E-state index in [4.69, 9.17) is 0 Å². The maximum absolute atomic E-state index is 13.1. The molecule has 1 unspecified atom stereocenters. The molecule has 12 heteroatoms. The number of fused-ring (bicyclic) bond motifs is 1. The lowest BCUT2D eigenvalue weighted by molar-refractivity contribution is -0.136. The Morgan fingerprint density at radius 2 is 1.83 bits per heavy atom. The van der Waals surface area contributed by atoms with E-state index in [1.807, 2.05) is 36.0 Å². The minimum absolute atomic E-state index is 0.0781. The number of rotatable bonds is 7. The number of anilines is 1. The van der Waals surface area contributed by atoms with Crippen LogP contribution < -0.4 is 16.0 Å². The molecule has 1 saturated heterocycles. The number of nitrogens with one attached hydrogen (secondary N) is 3. The molecule has 1 aromatic carbocycles. The number of hydrogen-bond acceptors (Lipinski definition) is 8. The van der Waals surface area contributed by atoms with E-state index in [1.165, 1.54) is 0 Å². The third-order valence-corrected chi connectivity index (χ3v) is 7.96. The Balaban J connectivity index is 1.10. The van der Waals surface area contributed by atoms with Gasteiger partial charge >= 0.3 is 0 Å². The van der Waals surface area contributed by atoms with Crippen molar-refractivity contribution in [3.8, 4) is 11.3 Å². The fraction of sp³-hybridized carbons (Fsp3) is 0.345. The zero-order valence-electron chi connectivity index (χ0n) is 22.6. The maximum atomic E-state index is 13.1. The third-order valence-electron chi connectivity index (χ3n) is 7.96. The van der Waals surface area contributed by atoms with E-state index < -0.39 is 29.7 Å². The molecular weight excluding hydrogens is 526 g/mol. The van der Waals surface area contributed by atoms with Crippen molar-refractivity contribution in [1.82, 2.24) is 30.3 Å². The number of benzene rings is 1. The number of carbonyl (C=O) groups is 5. The van der Waals surface area contributed by atoms with Gasteiger partial charge in [0.05, 0.1) is 28.4 Å². The zero-order valence-corrected chi connectivity index (χ0v) is 22.6. The molecule has 3 N–H and O–H groups in total. The van der Waals surface area contributed by atoms with Crippen LogP contribution in [0.5, 0.6) is 0 Å². The molecular formula is C29H29N7O5. The van der Waals surface area contributed by atoms with Gasteiger partial charge < -0.3 is 10.6 Å². The number of imide groups is 2. The standard InChI is InChI=1S/C29H29N7O5/c1-15-4-3-5-22(32-15)21-14-35(34-25(21)27(39)30-2)18-10-16(11-18)13-31-17-6-7-19-20(12-17)29(41)36(28(19)40)23-8-9-24(37)33-26(23)38/h3-7,12,14,16,18,23,31H,8-11,13H2,1-2H3,(H,30,39)(H,33,37,38)/t16-,18-,23?. The average Bonchev–Trinajstić information content (AvgIpc) is 3.47. The summed E-state index contributed by atoms with van der Waals surface area (Å²) in [5.41, 5.74) is 3.79. The van der Waals surface area contributed by atoms with Gasteiger partial charge in [-0.25, -0.2) is 0 Å². The van der Waals surface area contributed by atoms with Crippen LogP contribution in [0.1, 0.15) is 68.6 Å². The minimum atomic E-state index is -0.989. The summed E-state index contributed by atoms with van der Waals surface area (Å²) in [6.07, 6.45) is 3.79. The van der Waals surface area contributed by atoms with E-state index in [2.05, 4.69) is 26.0 Å². The Morgan fingerprint density at radius 1 is 1.05 bits per heavy atom. The number of aromatic nitrogens is 3. The summed E-state index contributed by atoms with van der Waals surface area (Å²) in [5, 5.41) is 12.8. The van der Waals surface area contributed by atoms with Crippen molar-refractivity contribution >= 4 is 35.2 Å². The highest BCUT2D eigenvalue weighted by atomic mass is 16.2. The third kappa shape index (κ3) is 4.75. The number of carbonyl (C=O) groups excluding carboxylic acids is 5. The Morgan fingerprint density at radius 3 is 2.56 bits per heavy atom. The van der Waals surface area contributed by atoms with Crippen LogP contribution in [-0.2, 0) is 9.59 Å². The molecule has 5 amide bonds. The molecule has 2 aliphatic heterocycles. The lowest BCUT2D eigenvalue weighted by Crippen LogP contribution is -2.54. The molecule has 1 atom stereocenters. The lowest BCUT2D eigenvalue weighted by atomic mass is 9.80. The van der Waals surface area contributed by atoms with E-state index in [-0.39, 0.29) is 35.9 Å². The van der Waals surface area contributed by atoms with Crippen molar-refractivity contribution in [1.29, 1.82) is 0 Å². The first-order valence-electron chi connectivity index (χ1n) is 13.6. The maximum Gasteiger partial charge on any atom is 0.272 e. The number of hydrogen-bond donors (Lipinski definition) is 3. The summed E-state index contributed by atoms with van der Waals surface area (Å²) in [7, 11) is 1.58. The molecule has 2 aromatic heterocycles. The van der Waals surface area contributed by atoms with Crippen LogP contribution in [0.15, 0.2) is 42.6 Å². The van der Waals surface area contributed by atoms with Gasteiger partial charge in [0.25, 0.3) is 17.7 Å². The molecule has 210 valence electrons. The molecule has 41 heavy (non-hydrogen) atoms. The molecule has 3 aliphatic rings. The van der Waals surface area contributed by atoms with Crippen LogP contribution in [0.3, 0.4) is 0 Å².